The maximum absolute atomic E-state index is 12.2. The predicted molar refractivity (Wildman–Crippen MR) is 89.0 cm³/mol. The molecule has 2 aliphatic rings. The van der Waals surface area contributed by atoms with Crippen LogP contribution in [-0.4, -0.2) is 73.0 Å². The van der Waals surface area contributed by atoms with Crippen molar-refractivity contribution in [2.45, 2.75) is 25.7 Å². The van der Waals surface area contributed by atoms with Crippen molar-refractivity contribution in [3.05, 3.63) is 29.3 Å². The van der Waals surface area contributed by atoms with Crippen molar-refractivity contribution in [2.24, 2.45) is 0 Å². The van der Waals surface area contributed by atoms with Crippen LogP contribution in [0.25, 0.3) is 0 Å². The van der Waals surface area contributed by atoms with Crippen LogP contribution in [0, 0.1) is 0 Å². The number of aliphatic hydroxyl groups excluding tert-OH is 1. The second-order valence-electron chi connectivity index (χ2n) is 6.38. The van der Waals surface area contributed by atoms with Crippen LogP contribution in [0.3, 0.4) is 0 Å². The first kappa shape index (κ1) is 17.4. The summed E-state index contributed by atoms with van der Waals surface area (Å²) in [6, 6.07) is 5.12. The maximum Gasteiger partial charge on any atom is 0.491 e. The molecule has 1 aromatic rings. The number of hydrogen-bond donors (Lipinski definition) is 3. The lowest BCUT2D eigenvalue weighted by Crippen LogP contribution is -2.47. The summed E-state index contributed by atoms with van der Waals surface area (Å²) in [4.78, 5) is 14.4. The Hall–Kier alpha value is -1.45. The Balaban J connectivity index is 1.49. The number of nitrogens with one attached hydrogen (secondary N) is 1. The van der Waals surface area contributed by atoms with Crippen LogP contribution in [-0.2, 0) is 16.0 Å². The van der Waals surface area contributed by atoms with Gasteiger partial charge in [0.05, 0.1) is 25.4 Å². The molecule has 1 fully saturated rings. The van der Waals surface area contributed by atoms with E-state index in [4.69, 9.17) is 9.39 Å². The molecule has 2 aliphatic heterocycles. The molecule has 0 bridgehead atoms. The second-order valence-corrected chi connectivity index (χ2v) is 6.38. The van der Waals surface area contributed by atoms with E-state index in [1.807, 2.05) is 6.92 Å². The average molecular weight is 334 g/mol. The molecule has 0 unspecified atom stereocenters. The minimum absolute atomic E-state index is 0.167. The second kappa shape index (κ2) is 7.63. The van der Waals surface area contributed by atoms with Crippen molar-refractivity contribution in [3.63, 3.8) is 0 Å². The first-order valence-electron chi connectivity index (χ1n) is 8.25. The Morgan fingerprint density at radius 2 is 2.38 bits per heavy atom. The number of β-amino-alcohol motifs (C(OH)–C–C–N with tert-alkyl or cyclic N) is 1. The fraction of sp³-hybridized carbons (Fsp3) is 0.562. The lowest BCUT2D eigenvalue weighted by atomic mass is 9.79. The number of rotatable bonds is 5. The maximum atomic E-state index is 12.2. The number of benzene rings is 1. The zero-order valence-corrected chi connectivity index (χ0v) is 13.8. The zero-order chi connectivity index (χ0) is 17.1. The van der Waals surface area contributed by atoms with Gasteiger partial charge in [-0.3, -0.25) is 9.69 Å². The summed E-state index contributed by atoms with van der Waals surface area (Å²) in [6.07, 6.45) is -0.469. The number of carbonyl (C=O) groups is 1. The summed E-state index contributed by atoms with van der Waals surface area (Å²) >= 11 is 0. The van der Waals surface area contributed by atoms with E-state index in [-0.39, 0.29) is 18.6 Å². The number of nitrogens with zero attached hydrogens (tertiary/aromatic N) is 1. The number of aliphatic hydroxyl groups is 1. The highest BCUT2D eigenvalue weighted by Gasteiger charge is 2.28. The number of ether oxygens (including phenoxy) is 1. The molecule has 2 atom stereocenters. The van der Waals surface area contributed by atoms with Gasteiger partial charge in [0.2, 0.25) is 0 Å². The quantitative estimate of drug-likeness (QED) is 0.581. The van der Waals surface area contributed by atoms with Crippen molar-refractivity contribution in [1.29, 1.82) is 0 Å². The van der Waals surface area contributed by atoms with E-state index < -0.39 is 13.2 Å². The van der Waals surface area contributed by atoms with Crippen LogP contribution >= 0.6 is 0 Å². The van der Waals surface area contributed by atoms with Gasteiger partial charge in [-0.05, 0) is 30.1 Å². The summed E-state index contributed by atoms with van der Waals surface area (Å²) in [5, 5.41) is 22.6. The summed E-state index contributed by atoms with van der Waals surface area (Å²) in [5.74, 6) is -0.272. The van der Waals surface area contributed by atoms with Gasteiger partial charge in [-0.15, -0.1) is 0 Å². The van der Waals surface area contributed by atoms with E-state index in [1.54, 1.807) is 18.2 Å². The van der Waals surface area contributed by atoms with Crippen molar-refractivity contribution in [3.8, 4) is 0 Å². The highest BCUT2D eigenvalue weighted by Crippen LogP contribution is 2.11. The molecule has 130 valence electrons. The summed E-state index contributed by atoms with van der Waals surface area (Å²) in [5.41, 5.74) is 1.97. The Bertz CT molecular complexity index is 600. The molecule has 0 spiro atoms. The molecule has 1 aromatic carbocycles. The molecule has 2 heterocycles. The van der Waals surface area contributed by atoms with Crippen LogP contribution in [0.1, 0.15) is 22.8 Å². The third-order valence-corrected chi connectivity index (χ3v) is 4.36. The number of hydrogen-bond acceptors (Lipinski definition) is 6. The Morgan fingerprint density at radius 3 is 3.17 bits per heavy atom. The van der Waals surface area contributed by atoms with Crippen LogP contribution in [0.4, 0.5) is 0 Å². The summed E-state index contributed by atoms with van der Waals surface area (Å²) in [7, 11) is -0.971. The van der Waals surface area contributed by atoms with Crippen molar-refractivity contribution in [2.75, 3.05) is 32.8 Å². The first-order chi connectivity index (χ1) is 11.5. The third-order valence-electron chi connectivity index (χ3n) is 4.36. The largest absolute Gasteiger partial charge is 0.491 e. The van der Waals surface area contributed by atoms with E-state index in [0.29, 0.717) is 30.8 Å². The topological polar surface area (TPSA) is 91.3 Å². The summed E-state index contributed by atoms with van der Waals surface area (Å²) < 4.78 is 10.6. The first-order valence-corrected chi connectivity index (χ1v) is 8.25. The molecule has 3 rings (SSSR count). The SMILES string of the molecule is C[C@H]1CN(C[C@@H](O)CNC(=O)c2ccc3c(c2)B(O)OC3)CCO1. The zero-order valence-electron chi connectivity index (χ0n) is 13.8. The number of carbonyl (C=O) groups excluding carboxylic acids is 1. The number of fused-ring (bicyclic) bond motifs is 1. The molecular formula is C16H23BN2O5. The Morgan fingerprint density at radius 1 is 1.54 bits per heavy atom. The van der Waals surface area contributed by atoms with Crippen molar-refractivity contribution in [1.82, 2.24) is 10.2 Å². The molecule has 0 saturated carbocycles. The third kappa shape index (κ3) is 4.14. The average Bonchev–Trinajstić information content (AvgIpc) is 2.93. The molecule has 1 saturated heterocycles. The Labute approximate surface area is 141 Å². The lowest BCUT2D eigenvalue weighted by Gasteiger charge is -2.32. The molecule has 0 aliphatic carbocycles. The summed E-state index contributed by atoms with van der Waals surface area (Å²) in [6.45, 7) is 5.29. The van der Waals surface area contributed by atoms with E-state index in [1.165, 1.54) is 0 Å². The molecule has 3 N–H and O–H groups in total. The van der Waals surface area contributed by atoms with Crippen LogP contribution in [0.2, 0.25) is 0 Å². The molecular weight excluding hydrogens is 311 g/mol. The minimum Gasteiger partial charge on any atom is -0.423 e. The molecule has 0 radical (unpaired) electrons. The minimum atomic E-state index is -0.971. The van der Waals surface area contributed by atoms with Crippen molar-refractivity contribution < 1.29 is 24.3 Å². The van der Waals surface area contributed by atoms with Gasteiger partial charge in [-0.1, -0.05) is 6.07 Å². The van der Waals surface area contributed by atoms with E-state index >= 15 is 0 Å². The van der Waals surface area contributed by atoms with Gasteiger partial charge in [-0.2, -0.15) is 0 Å². The molecule has 1 amide bonds. The van der Waals surface area contributed by atoms with Gasteiger partial charge >= 0.3 is 7.12 Å². The van der Waals surface area contributed by atoms with E-state index in [0.717, 1.165) is 18.7 Å². The van der Waals surface area contributed by atoms with Crippen LogP contribution in [0.15, 0.2) is 18.2 Å². The standard InChI is InChI=1S/C16H23BN2O5/c1-11-8-19(4-5-23-11)9-14(20)7-18-16(21)12-2-3-13-10-24-17(22)15(13)6-12/h2-3,6,11,14,20,22H,4-5,7-10H2,1H3,(H,18,21)/t11-,14-/m0/s1. The molecule has 24 heavy (non-hydrogen) atoms. The van der Waals surface area contributed by atoms with Gasteiger partial charge in [0.1, 0.15) is 0 Å². The fourth-order valence-electron chi connectivity index (χ4n) is 3.09. The van der Waals surface area contributed by atoms with E-state index in [2.05, 4.69) is 10.2 Å². The Kier molecular flexibility index (Phi) is 5.52. The fourth-order valence-corrected chi connectivity index (χ4v) is 3.09. The van der Waals surface area contributed by atoms with Crippen LogP contribution < -0.4 is 10.8 Å². The highest BCUT2D eigenvalue weighted by atomic mass is 16.5. The molecule has 0 aromatic heterocycles. The number of morpholine rings is 1. The highest BCUT2D eigenvalue weighted by molar-refractivity contribution is 6.61. The molecule has 7 nitrogen and oxygen atoms in total. The molecule has 8 heteroatoms. The van der Waals surface area contributed by atoms with Crippen molar-refractivity contribution >= 4 is 18.5 Å². The van der Waals surface area contributed by atoms with Gasteiger partial charge in [0.15, 0.2) is 0 Å². The smallest absolute Gasteiger partial charge is 0.423 e. The van der Waals surface area contributed by atoms with Gasteiger partial charge in [0, 0.05) is 31.7 Å². The normalized spacial score (nSPS) is 22.3. The number of amides is 1. The lowest BCUT2D eigenvalue weighted by molar-refractivity contribution is -0.0311. The van der Waals surface area contributed by atoms with Crippen LogP contribution in [0.5, 0.6) is 0 Å². The van der Waals surface area contributed by atoms with Gasteiger partial charge < -0.3 is 24.8 Å². The van der Waals surface area contributed by atoms with Gasteiger partial charge in [-0.25, -0.2) is 0 Å². The van der Waals surface area contributed by atoms with Gasteiger partial charge in [0.25, 0.3) is 5.91 Å². The predicted octanol–water partition coefficient (Wildman–Crippen LogP) is -1.28. The van der Waals surface area contributed by atoms with E-state index in [9.17, 15) is 14.9 Å². The monoisotopic (exact) mass is 334 g/mol.